The highest BCUT2D eigenvalue weighted by molar-refractivity contribution is 7.89. The number of hydrogen-bond donors (Lipinski definition) is 1. The van der Waals surface area contributed by atoms with E-state index in [-0.39, 0.29) is 17.5 Å². The van der Waals surface area contributed by atoms with Crippen LogP contribution in [0.4, 0.5) is 0 Å². The van der Waals surface area contributed by atoms with E-state index in [1.807, 2.05) is 6.92 Å². The van der Waals surface area contributed by atoms with Crippen LogP contribution in [-0.2, 0) is 14.8 Å². The van der Waals surface area contributed by atoms with Gasteiger partial charge in [-0.3, -0.25) is 0 Å². The second kappa shape index (κ2) is 7.25. The molecule has 1 aromatic carbocycles. The molecular formula is C16H21NO4S. The van der Waals surface area contributed by atoms with E-state index in [9.17, 15) is 13.5 Å². The van der Waals surface area contributed by atoms with Gasteiger partial charge in [0.25, 0.3) is 0 Å². The quantitative estimate of drug-likeness (QED) is 0.630. The van der Waals surface area contributed by atoms with Gasteiger partial charge < -0.3 is 9.84 Å². The molecule has 120 valence electrons. The lowest BCUT2D eigenvalue weighted by Gasteiger charge is -2.19. The van der Waals surface area contributed by atoms with Crippen molar-refractivity contribution in [1.29, 1.82) is 0 Å². The minimum Gasteiger partial charge on any atom is -0.392 e. The third-order valence-corrected chi connectivity index (χ3v) is 5.07. The van der Waals surface area contributed by atoms with Crippen molar-refractivity contribution in [2.75, 3.05) is 19.7 Å². The summed E-state index contributed by atoms with van der Waals surface area (Å²) in [5.74, 6) is 5.61. The van der Waals surface area contributed by atoms with E-state index >= 15 is 0 Å². The highest BCUT2D eigenvalue weighted by atomic mass is 32.2. The summed E-state index contributed by atoms with van der Waals surface area (Å²) < 4.78 is 31.9. The number of hydrogen-bond acceptors (Lipinski definition) is 4. The maximum atomic E-state index is 12.7. The Morgan fingerprint density at radius 2 is 2.00 bits per heavy atom. The number of aliphatic hydroxyl groups is 1. The van der Waals surface area contributed by atoms with Gasteiger partial charge in [0.15, 0.2) is 0 Å². The molecule has 1 fully saturated rings. The van der Waals surface area contributed by atoms with Crippen LogP contribution in [0.3, 0.4) is 0 Å². The summed E-state index contributed by atoms with van der Waals surface area (Å²) in [5, 5.41) is 9.18. The summed E-state index contributed by atoms with van der Waals surface area (Å²) >= 11 is 0. The zero-order valence-electron chi connectivity index (χ0n) is 12.8. The van der Waals surface area contributed by atoms with Crippen LogP contribution in [-0.4, -0.2) is 49.7 Å². The predicted octanol–water partition coefficient (Wildman–Crippen LogP) is 1.16. The molecule has 0 spiro atoms. The molecule has 1 aromatic rings. The Balaban J connectivity index is 2.15. The lowest BCUT2D eigenvalue weighted by atomic mass is 10.2. The molecule has 0 aromatic heterocycles. The van der Waals surface area contributed by atoms with Gasteiger partial charge in [-0.1, -0.05) is 29.5 Å². The van der Waals surface area contributed by atoms with Crippen LogP contribution >= 0.6 is 0 Å². The Morgan fingerprint density at radius 3 is 2.55 bits per heavy atom. The average molecular weight is 323 g/mol. The second-order valence-electron chi connectivity index (χ2n) is 5.47. The minimum atomic E-state index is -3.59. The Morgan fingerprint density at radius 1 is 1.36 bits per heavy atom. The molecule has 0 saturated carbocycles. The maximum absolute atomic E-state index is 12.7. The summed E-state index contributed by atoms with van der Waals surface area (Å²) in [6, 6.07) is 6.76. The molecule has 1 heterocycles. The molecule has 6 heteroatoms. The molecule has 22 heavy (non-hydrogen) atoms. The third-order valence-electron chi connectivity index (χ3n) is 3.25. The zero-order chi connectivity index (χ0) is 16.2. The number of rotatable bonds is 6. The van der Waals surface area contributed by atoms with Crippen LogP contribution in [0.5, 0.6) is 0 Å². The van der Waals surface area contributed by atoms with Crippen LogP contribution in [0.15, 0.2) is 29.2 Å². The van der Waals surface area contributed by atoms with Gasteiger partial charge in [0.05, 0.1) is 30.3 Å². The van der Waals surface area contributed by atoms with Gasteiger partial charge in [-0.25, -0.2) is 8.42 Å². The normalized spacial score (nSPS) is 18.6. The minimum absolute atomic E-state index is 0.0428. The number of benzene rings is 1. The van der Waals surface area contributed by atoms with Crippen molar-refractivity contribution in [2.45, 2.75) is 37.4 Å². The first kappa shape index (κ1) is 17.0. The molecule has 0 bridgehead atoms. The maximum Gasteiger partial charge on any atom is 0.244 e. The Kier molecular flexibility index (Phi) is 5.59. The second-order valence-corrected chi connectivity index (χ2v) is 7.41. The van der Waals surface area contributed by atoms with Gasteiger partial charge in [0.1, 0.15) is 0 Å². The van der Waals surface area contributed by atoms with Crippen LogP contribution in [0, 0.1) is 18.8 Å². The van der Waals surface area contributed by atoms with E-state index in [1.165, 1.54) is 4.31 Å². The monoisotopic (exact) mass is 323 g/mol. The van der Waals surface area contributed by atoms with Crippen molar-refractivity contribution >= 4 is 10.0 Å². The molecule has 2 rings (SSSR count). The molecule has 1 N–H and O–H groups in total. The molecule has 1 aliphatic rings. The van der Waals surface area contributed by atoms with Crippen LogP contribution in [0.25, 0.3) is 0 Å². The van der Waals surface area contributed by atoms with Crippen LogP contribution < -0.4 is 0 Å². The highest BCUT2D eigenvalue weighted by Crippen LogP contribution is 2.19. The van der Waals surface area contributed by atoms with Gasteiger partial charge in [-0.05, 0) is 26.0 Å². The topological polar surface area (TPSA) is 70.1 Å². The predicted molar refractivity (Wildman–Crippen MR) is 83.8 cm³/mol. The fraction of sp³-hybridized carbons (Fsp3) is 0.500. The molecule has 2 unspecified atom stereocenters. The molecule has 0 amide bonds. The van der Waals surface area contributed by atoms with E-state index in [0.29, 0.717) is 19.6 Å². The van der Waals surface area contributed by atoms with E-state index in [1.54, 1.807) is 31.2 Å². The van der Waals surface area contributed by atoms with Crippen molar-refractivity contribution in [2.24, 2.45) is 0 Å². The first-order valence-electron chi connectivity index (χ1n) is 7.22. The van der Waals surface area contributed by atoms with Crippen LogP contribution in [0.1, 0.15) is 18.9 Å². The van der Waals surface area contributed by atoms with E-state index in [4.69, 9.17) is 4.74 Å². The number of epoxide rings is 1. The summed E-state index contributed by atoms with van der Waals surface area (Å²) in [4.78, 5) is 0.260. The van der Waals surface area contributed by atoms with Gasteiger partial charge in [0.2, 0.25) is 10.0 Å². The Bertz CT molecular complexity index is 652. The van der Waals surface area contributed by atoms with Crippen molar-refractivity contribution < 1.29 is 18.3 Å². The number of ether oxygens (including phenoxy) is 1. The molecule has 0 aliphatic carbocycles. The van der Waals surface area contributed by atoms with Crippen molar-refractivity contribution in [3.05, 3.63) is 29.8 Å². The molecule has 5 nitrogen and oxygen atoms in total. The average Bonchev–Trinajstić information content (AvgIpc) is 3.26. The molecule has 1 aliphatic heterocycles. The van der Waals surface area contributed by atoms with Gasteiger partial charge in [-0.2, -0.15) is 4.31 Å². The van der Waals surface area contributed by atoms with Gasteiger partial charge >= 0.3 is 0 Å². The number of aryl methyl sites for hydroxylation is 1. The van der Waals surface area contributed by atoms with Crippen molar-refractivity contribution in [1.82, 2.24) is 4.31 Å². The van der Waals surface area contributed by atoms with E-state index < -0.39 is 16.1 Å². The molecule has 0 radical (unpaired) electrons. The standard InChI is InChI=1S/C16H21NO4S/c1-13-6-8-16(9-7-13)22(19,20)17(11-15-12-21-15)10-4-3-5-14(2)18/h6-9,14-15,18H,5,10-12H2,1-2H3. The van der Waals surface area contributed by atoms with Crippen molar-refractivity contribution in [3.63, 3.8) is 0 Å². The lowest BCUT2D eigenvalue weighted by molar-refractivity contribution is 0.201. The smallest absolute Gasteiger partial charge is 0.244 e. The summed E-state index contributed by atoms with van der Waals surface area (Å²) in [6.45, 7) is 4.55. The number of nitrogens with zero attached hydrogens (tertiary/aromatic N) is 1. The Labute approximate surface area is 132 Å². The first-order valence-corrected chi connectivity index (χ1v) is 8.66. The number of sulfonamides is 1. The summed E-state index contributed by atoms with van der Waals surface area (Å²) in [5.41, 5.74) is 1.01. The summed E-state index contributed by atoms with van der Waals surface area (Å²) in [6.07, 6.45) is -0.224. The van der Waals surface area contributed by atoms with Crippen molar-refractivity contribution in [3.8, 4) is 11.8 Å². The first-order chi connectivity index (χ1) is 10.4. The fourth-order valence-corrected chi connectivity index (χ4v) is 3.25. The third kappa shape index (κ3) is 4.82. The molecular weight excluding hydrogens is 302 g/mol. The Hall–Kier alpha value is -1.39. The largest absolute Gasteiger partial charge is 0.392 e. The highest BCUT2D eigenvalue weighted by Gasteiger charge is 2.32. The summed E-state index contributed by atoms with van der Waals surface area (Å²) in [7, 11) is -3.59. The molecule has 2 atom stereocenters. The fourth-order valence-electron chi connectivity index (χ4n) is 1.87. The SMILES string of the molecule is Cc1ccc(S(=O)(=O)N(CC#CCC(C)O)CC2CO2)cc1. The van der Waals surface area contributed by atoms with Gasteiger partial charge in [0, 0.05) is 13.0 Å². The van der Waals surface area contributed by atoms with E-state index in [0.717, 1.165) is 5.56 Å². The lowest BCUT2D eigenvalue weighted by Crippen LogP contribution is -2.34. The molecule has 1 saturated heterocycles. The van der Waals surface area contributed by atoms with Crippen LogP contribution in [0.2, 0.25) is 0 Å². The number of aliphatic hydroxyl groups excluding tert-OH is 1. The van der Waals surface area contributed by atoms with Gasteiger partial charge in [-0.15, -0.1) is 0 Å². The zero-order valence-corrected chi connectivity index (χ0v) is 13.6. The van der Waals surface area contributed by atoms with E-state index in [2.05, 4.69) is 11.8 Å².